The Bertz CT molecular complexity index is 505. The topological polar surface area (TPSA) is 52.0 Å². The minimum Gasteiger partial charge on any atom is -0.439 e. The summed E-state index contributed by atoms with van der Waals surface area (Å²) in [6, 6.07) is 5.77. The molecule has 1 aromatic heterocycles. The number of fused-ring (bicyclic) bond motifs is 1. The lowest BCUT2D eigenvalue weighted by Gasteiger charge is -2.19. The van der Waals surface area contributed by atoms with E-state index < -0.39 is 5.54 Å². The van der Waals surface area contributed by atoms with Crippen molar-refractivity contribution in [3.63, 3.8) is 0 Å². The number of hydrogen-bond acceptors (Lipinski definition) is 3. The van der Waals surface area contributed by atoms with E-state index in [-0.39, 0.29) is 0 Å². The first-order valence-electron chi connectivity index (χ1n) is 5.38. The second-order valence-electron chi connectivity index (χ2n) is 4.30. The van der Waals surface area contributed by atoms with E-state index in [2.05, 4.69) is 27.8 Å². The fraction of sp³-hybridized carbons (Fsp3) is 0.417. The average Bonchev–Trinajstić information content (AvgIpc) is 2.61. The molecule has 0 spiro atoms. The normalized spacial score (nSPS) is 15.2. The molecule has 4 heteroatoms. The number of oxazole rings is 1. The highest BCUT2D eigenvalue weighted by Crippen LogP contribution is 2.27. The highest BCUT2D eigenvalue weighted by molar-refractivity contribution is 9.10. The minimum atomic E-state index is -0.486. The smallest absolute Gasteiger partial charge is 0.215 e. The molecular weight excluding hydrogens is 268 g/mol. The van der Waals surface area contributed by atoms with Crippen LogP contribution in [0.3, 0.4) is 0 Å². The van der Waals surface area contributed by atoms with E-state index in [0.717, 1.165) is 28.4 Å². The van der Waals surface area contributed by atoms with E-state index >= 15 is 0 Å². The van der Waals surface area contributed by atoms with Gasteiger partial charge in [-0.15, -0.1) is 0 Å². The van der Waals surface area contributed by atoms with E-state index in [1.54, 1.807) is 0 Å². The first-order chi connectivity index (χ1) is 7.53. The van der Waals surface area contributed by atoms with Crippen molar-refractivity contribution >= 4 is 27.0 Å². The van der Waals surface area contributed by atoms with E-state index in [1.165, 1.54) is 0 Å². The monoisotopic (exact) mass is 282 g/mol. The number of nitrogens with two attached hydrogens (primary N) is 1. The summed E-state index contributed by atoms with van der Waals surface area (Å²) in [6.07, 6.45) is 1.87. The summed E-state index contributed by atoms with van der Waals surface area (Å²) < 4.78 is 6.68. The largest absolute Gasteiger partial charge is 0.439 e. The summed E-state index contributed by atoms with van der Waals surface area (Å²) in [6.45, 7) is 4.06. The quantitative estimate of drug-likeness (QED) is 0.937. The van der Waals surface area contributed by atoms with Crippen LogP contribution in [0.4, 0.5) is 0 Å². The van der Waals surface area contributed by atoms with Gasteiger partial charge in [-0.05, 0) is 31.5 Å². The van der Waals surface area contributed by atoms with Crippen molar-refractivity contribution in [2.24, 2.45) is 5.73 Å². The molecule has 0 radical (unpaired) electrons. The molecule has 16 heavy (non-hydrogen) atoms. The second kappa shape index (κ2) is 4.18. The molecule has 1 heterocycles. The molecule has 0 aliphatic carbocycles. The van der Waals surface area contributed by atoms with Gasteiger partial charge in [0.2, 0.25) is 5.89 Å². The van der Waals surface area contributed by atoms with Crippen LogP contribution < -0.4 is 5.73 Å². The molecule has 0 saturated heterocycles. The summed E-state index contributed by atoms with van der Waals surface area (Å²) in [7, 11) is 0. The van der Waals surface area contributed by atoms with Gasteiger partial charge in [0.25, 0.3) is 0 Å². The summed E-state index contributed by atoms with van der Waals surface area (Å²) in [4.78, 5) is 4.44. The molecule has 86 valence electrons. The number of benzene rings is 1. The van der Waals surface area contributed by atoms with Crippen LogP contribution in [-0.4, -0.2) is 4.98 Å². The molecule has 3 nitrogen and oxygen atoms in total. The van der Waals surface area contributed by atoms with Crippen LogP contribution in [-0.2, 0) is 5.54 Å². The van der Waals surface area contributed by atoms with Gasteiger partial charge >= 0.3 is 0 Å². The third-order valence-corrected chi connectivity index (χ3v) is 3.10. The van der Waals surface area contributed by atoms with Crippen LogP contribution in [0.1, 0.15) is 32.6 Å². The Balaban J connectivity index is 2.46. The molecule has 2 N–H and O–H groups in total. The molecule has 0 saturated carbocycles. The Kier molecular flexibility index (Phi) is 3.04. The lowest BCUT2D eigenvalue weighted by atomic mass is 9.98. The fourth-order valence-corrected chi connectivity index (χ4v) is 2.12. The minimum absolute atomic E-state index is 0.486. The van der Waals surface area contributed by atoms with Crippen molar-refractivity contribution in [2.75, 3.05) is 0 Å². The van der Waals surface area contributed by atoms with Gasteiger partial charge in [-0.25, -0.2) is 4.98 Å². The van der Waals surface area contributed by atoms with Gasteiger partial charge in [0.1, 0.15) is 5.52 Å². The third-order valence-electron chi connectivity index (χ3n) is 2.61. The molecule has 0 amide bonds. The van der Waals surface area contributed by atoms with Crippen LogP contribution in [0.5, 0.6) is 0 Å². The van der Waals surface area contributed by atoms with Gasteiger partial charge in [0.15, 0.2) is 5.58 Å². The van der Waals surface area contributed by atoms with Crippen LogP contribution in [0.15, 0.2) is 27.1 Å². The Morgan fingerprint density at radius 1 is 1.50 bits per heavy atom. The van der Waals surface area contributed by atoms with Gasteiger partial charge in [-0.3, -0.25) is 0 Å². The first-order valence-corrected chi connectivity index (χ1v) is 6.17. The van der Waals surface area contributed by atoms with E-state index in [1.807, 2.05) is 25.1 Å². The Morgan fingerprint density at radius 2 is 2.25 bits per heavy atom. The standard InChI is InChI=1S/C12H15BrN2O/c1-3-6-12(2,14)11-15-9-7-8(13)4-5-10(9)16-11/h4-5,7H,3,6,14H2,1-2H3. The van der Waals surface area contributed by atoms with Crippen LogP contribution >= 0.6 is 15.9 Å². The van der Waals surface area contributed by atoms with Gasteiger partial charge < -0.3 is 10.2 Å². The molecule has 1 unspecified atom stereocenters. The van der Waals surface area contributed by atoms with Crippen molar-refractivity contribution < 1.29 is 4.42 Å². The van der Waals surface area contributed by atoms with Crippen molar-refractivity contribution in [2.45, 2.75) is 32.2 Å². The van der Waals surface area contributed by atoms with Crippen LogP contribution in [0.25, 0.3) is 11.1 Å². The number of hydrogen-bond donors (Lipinski definition) is 1. The SMILES string of the molecule is CCCC(C)(N)c1nc2cc(Br)ccc2o1. The molecule has 1 aromatic carbocycles. The Labute approximate surface area is 103 Å². The summed E-state index contributed by atoms with van der Waals surface area (Å²) in [5.74, 6) is 0.613. The van der Waals surface area contributed by atoms with Crippen LogP contribution in [0.2, 0.25) is 0 Å². The zero-order chi connectivity index (χ0) is 11.8. The third kappa shape index (κ3) is 2.13. The van der Waals surface area contributed by atoms with Crippen molar-refractivity contribution in [3.8, 4) is 0 Å². The zero-order valence-corrected chi connectivity index (χ0v) is 11.0. The maximum absolute atomic E-state index is 6.18. The number of rotatable bonds is 3. The molecule has 0 aliphatic rings. The summed E-state index contributed by atoms with van der Waals surface area (Å²) in [5, 5.41) is 0. The van der Waals surface area contributed by atoms with Gasteiger partial charge in [0, 0.05) is 4.47 Å². The molecule has 0 fully saturated rings. The summed E-state index contributed by atoms with van der Waals surface area (Å²) in [5.41, 5.74) is 7.32. The average molecular weight is 283 g/mol. The molecular formula is C12H15BrN2O. The first kappa shape index (κ1) is 11.6. The molecule has 1 atom stereocenters. The van der Waals surface area contributed by atoms with E-state index in [0.29, 0.717) is 5.89 Å². The van der Waals surface area contributed by atoms with Crippen molar-refractivity contribution in [1.82, 2.24) is 4.98 Å². The van der Waals surface area contributed by atoms with E-state index in [4.69, 9.17) is 10.2 Å². The maximum Gasteiger partial charge on any atom is 0.215 e. The zero-order valence-electron chi connectivity index (χ0n) is 9.46. The highest BCUT2D eigenvalue weighted by Gasteiger charge is 2.26. The maximum atomic E-state index is 6.18. The number of aromatic nitrogens is 1. The lowest BCUT2D eigenvalue weighted by molar-refractivity contribution is 0.342. The predicted molar refractivity (Wildman–Crippen MR) is 68.2 cm³/mol. The van der Waals surface area contributed by atoms with Crippen molar-refractivity contribution in [3.05, 3.63) is 28.6 Å². The number of halogens is 1. The van der Waals surface area contributed by atoms with Gasteiger partial charge in [-0.2, -0.15) is 0 Å². The van der Waals surface area contributed by atoms with Crippen molar-refractivity contribution in [1.29, 1.82) is 0 Å². The van der Waals surface area contributed by atoms with Gasteiger partial charge in [0.05, 0.1) is 5.54 Å². The van der Waals surface area contributed by atoms with Gasteiger partial charge in [-0.1, -0.05) is 29.3 Å². The Morgan fingerprint density at radius 3 is 2.94 bits per heavy atom. The predicted octanol–water partition coefficient (Wildman–Crippen LogP) is 3.56. The Hall–Kier alpha value is -0.870. The van der Waals surface area contributed by atoms with E-state index in [9.17, 15) is 0 Å². The molecule has 0 aliphatic heterocycles. The molecule has 0 bridgehead atoms. The molecule has 2 rings (SSSR count). The number of nitrogens with zero attached hydrogens (tertiary/aromatic N) is 1. The summed E-state index contributed by atoms with van der Waals surface area (Å²) >= 11 is 3.41. The fourth-order valence-electron chi connectivity index (χ4n) is 1.77. The van der Waals surface area contributed by atoms with Crippen LogP contribution in [0, 0.1) is 0 Å². The molecule has 2 aromatic rings. The lowest BCUT2D eigenvalue weighted by Crippen LogP contribution is -2.33. The highest BCUT2D eigenvalue weighted by atomic mass is 79.9. The second-order valence-corrected chi connectivity index (χ2v) is 5.21.